The number of halogens is 3. The van der Waals surface area contributed by atoms with Crippen LogP contribution in [0.2, 0.25) is 0 Å². The molecule has 3 rings (SSSR count). The van der Waals surface area contributed by atoms with Crippen LogP contribution in [0.25, 0.3) is 22.8 Å². The van der Waals surface area contributed by atoms with Gasteiger partial charge in [0.25, 0.3) is 5.91 Å². The Kier molecular flexibility index (Phi) is 5.91. The standard InChI is InChI=1S/C21H19F3N2O3/c1-3-12-25-19(27)17-18(15-6-4-5-7-16(15)28-2)29-20(26-17)13-8-10-14(11-9-13)21(22,23)24/h4-11H,3,12H2,1-2H3,(H,25,27). The molecule has 0 saturated carbocycles. The number of rotatable bonds is 6. The van der Waals surface area contributed by atoms with Crippen molar-refractivity contribution in [2.24, 2.45) is 0 Å². The molecule has 3 aromatic rings. The summed E-state index contributed by atoms with van der Waals surface area (Å²) < 4.78 is 49.6. The molecule has 0 saturated heterocycles. The molecule has 29 heavy (non-hydrogen) atoms. The van der Waals surface area contributed by atoms with Gasteiger partial charge in [0.2, 0.25) is 5.89 Å². The molecule has 1 N–H and O–H groups in total. The molecule has 0 aliphatic carbocycles. The number of carbonyl (C=O) groups excluding carboxylic acids is 1. The summed E-state index contributed by atoms with van der Waals surface area (Å²) in [7, 11) is 1.49. The van der Waals surface area contributed by atoms with E-state index in [-0.39, 0.29) is 17.3 Å². The summed E-state index contributed by atoms with van der Waals surface area (Å²) in [4.78, 5) is 16.9. The highest BCUT2D eigenvalue weighted by Crippen LogP contribution is 2.36. The second-order valence-corrected chi connectivity index (χ2v) is 6.23. The monoisotopic (exact) mass is 404 g/mol. The highest BCUT2D eigenvalue weighted by Gasteiger charge is 2.30. The number of hydrogen-bond donors (Lipinski definition) is 1. The van der Waals surface area contributed by atoms with Crippen molar-refractivity contribution in [3.8, 4) is 28.5 Å². The lowest BCUT2D eigenvalue weighted by Crippen LogP contribution is -2.24. The lowest BCUT2D eigenvalue weighted by molar-refractivity contribution is -0.137. The summed E-state index contributed by atoms with van der Waals surface area (Å²) in [5.41, 5.74) is 0.0996. The van der Waals surface area contributed by atoms with E-state index in [1.807, 2.05) is 6.92 Å². The summed E-state index contributed by atoms with van der Waals surface area (Å²) in [5.74, 6) is 0.272. The maximum atomic E-state index is 12.8. The van der Waals surface area contributed by atoms with Crippen LogP contribution >= 0.6 is 0 Å². The Hall–Kier alpha value is -3.29. The van der Waals surface area contributed by atoms with Crippen LogP contribution in [0.3, 0.4) is 0 Å². The normalized spacial score (nSPS) is 11.3. The number of ether oxygens (including phenoxy) is 1. The topological polar surface area (TPSA) is 64.4 Å². The van der Waals surface area contributed by atoms with Gasteiger partial charge >= 0.3 is 6.18 Å². The van der Waals surface area contributed by atoms with Gasteiger partial charge < -0.3 is 14.5 Å². The van der Waals surface area contributed by atoms with E-state index in [4.69, 9.17) is 9.15 Å². The lowest BCUT2D eigenvalue weighted by Gasteiger charge is -2.07. The zero-order valence-electron chi connectivity index (χ0n) is 15.8. The molecule has 152 valence electrons. The Morgan fingerprint density at radius 1 is 1.14 bits per heavy atom. The van der Waals surface area contributed by atoms with Gasteiger partial charge in [-0.05, 0) is 42.8 Å². The van der Waals surface area contributed by atoms with Gasteiger partial charge in [-0.15, -0.1) is 0 Å². The van der Waals surface area contributed by atoms with E-state index >= 15 is 0 Å². The van der Waals surface area contributed by atoms with Crippen LogP contribution in [0.15, 0.2) is 52.9 Å². The van der Waals surface area contributed by atoms with Gasteiger partial charge in [0, 0.05) is 12.1 Å². The minimum Gasteiger partial charge on any atom is -0.496 e. The lowest BCUT2D eigenvalue weighted by atomic mass is 10.1. The van der Waals surface area contributed by atoms with Gasteiger partial charge in [-0.1, -0.05) is 19.1 Å². The first-order valence-electron chi connectivity index (χ1n) is 8.95. The first-order chi connectivity index (χ1) is 13.8. The van der Waals surface area contributed by atoms with Crippen LogP contribution in [-0.4, -0.2) is 24.5 Å². The SMILES string of the molecule is CCCNC(=O)c1nc(-c2ccc(C(F)(F)F)cc2)oc1-c1ccccc1OC. The molecule has 2 aromatic carbocycles. The first kappa shape index (κ1) is 20.4. The number of benzene rings is 2. The Morgan fingerprint density at radius 2 is 1.83 bits per heavy atom. The summed E-state index contributed by atoms with van der Waals surface area (Å²) in [5, 5.41) is 2.74. The third kappa shape index (κ3) is 4.42. The predicted molar refractivity (Wildman–Crippen MR) is 102 cm³/mol. The van der Waals surface area contributed by atoms with Gasteiger partial charge in [-0.2, -0.15) is 13.2 Å². The molecule has 0 aliphatic rings. The molecule has 0 bridgehead atoms. The van der Waals surface area contributed by atoms with Crippen molar-refractivity contribution < 1.29 is 27.1 Å². The molecule has 1 heterocycles. The zero-order chi connectivity index (χ0) is 21.0. The summed E-state index contributed by atoms with van der Waals surface area (Å²) >= 11 is 0. The van der Waals surface area contributed by atoms with Crippen molar-refractivity contribution in [3.05, 3.63) is 59.8 Å². The summed E-state index contributed by atoms with van der Waals surface area (Å²) in [6.07, 6.45) is -3.71. The molecular weight excluding hydrogens is 385 g/mol. The maximum Gasteiger partial charge on any atom is 0.416 e. The molecule has 1 aromatic heterocycles. The number of aromatic nitrogens is 1. The van der Waals surface area contributed by atoms with Gasteiger partial charge in [0.05, 0.1) is 18.2 Å². The minimum atomic E-state index is -4.44. The van der Waals surface area contributed by atoms with Crippen LogP contribution in [0.1, 0.15) is 29.4 Å². The van der Waals surface area contributed by atoms with Crippen LogP contribution < -0.4 is 10.1 Å². The average molecular weight is 404 g/mol. The summed E-state index contributed by atoms with van der Waals surface area (Å²) in [6, 6.07) is 11.4. The van der Waals surface area contributed by atoms with E-state index in [0.717, 1.165) is 18.6 Å². The number of methoxy groups -OCH3 is 1. The number of alkyl halides is 3. The number of nitrogens with zero attached hydrogens (tertiary/aromatic N) is 1. The van der Waals surface area contributed by atoms with Crippen LogP contribution in [0, 0.1) is 0 Å². The van der Waals surface area contributed by atoms with Gasteiger partial charge in [-0.3, -0.25) is 4.79 Å². The third-order valence-electron chi connectivity index (χ3n) is 4.19. The number of oxazole rings is 1. The van der Waals surface area contributed by atoms with Gasteiger partial charge in [0.15, 0.2) is 11.5 Å². The van der Waals surface area contributed by atoms with Crippen molar-refractivity contribution in [2.45, 2.75) is 19.5 Å². The second kappa shape index (κ2) is 8.38. The average Bonchev–Trinajstić information content (AvgIpc) is 3.16. The molecule has 0 fully saturated rings. The van der Waals surface area contributed by atoms with E-state index in [2.05, 4.69) is 10.3 Å². The molecule has 0 atom stereocenters. The number of carbonyl (C=O) groups is 1. The smallest absolute Gasteiger partial charge is 0.416 e. The van der Waals surface area contributed by atoms with Crippen molar-refractivity contribution in [3.63, 3.8) is 0 Å². The molecule has 0 aliphatic heterocycles. The molecule has 8 heteroatoms. The predicted octanol–water partition coefficient (Wildman–Crippen LogP) is 5.18. The molecule has 0 spiro atoms. The largest absolute Gasteiger partial charge is 0.496 e. The highest BCUT2D eigenvalue weighted by molar-refractivity contribution is 5.99. The van der Waals surface area contributed by atoms with E-state index in [9.17, 15) is 18.0 Å². The van der Waals surface area contributed by atoms with Gasteiger partial charge in [-0.25, -0.2) is 4.98 Å². The third-order valence-corrected chi connectivity index (χ3v) is 4.19. The molecular formula is C21H19F3N2O3. The van der Waals surface area contributed by atoms with E-state index < -0.39 is 17.6 Å². The minimum absolute atomic E-state index is 0.0397. The van der Waals surface area contributed by atoms with E-state index in [1.54, 1.807) is 24.3 Å². The second-order valence-electron chi connectivity index (χ2n) is 6.23. The van der Waals surface area contributed by atoms with E-state index in [1.165, 1.54) is 19.2 Å². The fourth-order valence-electron chi connectivity index (χ4n) is 2.74. The number of hydrogen-bond acceptors (Lipinski definition) is 4. The Labute approximate surface area is 165 Å². The number of para-hydroxylation sites is 1. The van der Waals surface area contributed by atoms with Crippen molar-refractivity contribution in [1.29, 1.82) is 0 Å². The molecule has 0 radical (unpaired) electrons. The molecule has 1 amide bonds. The van der Waals surface area contributed by atoms with Gasteiger partial charge in [0.1, 0.15) is 5.75 Å². The fourth-order valence-corrected chi connectivity index (χ4v) is 2.74. The van der Waals surface area contributed by atoms with Crippen molar-refractivity contribution in [1.82, 2.24) is 10.3 Å². The summed E-state index contributed by atoms with van der Waals surface area (Å²) in [6.45, 7) is 2.37. The quantitative estimate of drug-likeness (QED) is 0.615. The Bertz CT molecular complexity index is 995. The Balaban J connectivity index is 2.08. The number of nitrogens with one attached hydrogen (secondary N) is 1. The van der Waals surface area contributed by atoms with Crippen LogP contribution in [-0.2, 0) is 6.18 Å². The number of amides is 1. The highest BCUT2D eigenvalue weighted by atomic mass is 19.4. The Morgan fingerprint density at radius 3 is 2.45 bits per heavy atom. The first-order valence-corrected chi connectivity index (χ1v) is 8.95. The molecule has 0 unspecified atom stereocenters. The van der Waals surface area contributed by atoms with Crippen LogP contribution in [0.5, 0.6) is 5.75 Å². The fraction of sp³-hybridized carbons (Fsp3) is 0.238. The van der Waals surface area contributed by atoms with Crippen molar-refractivity contribution in [2.75, 3.05) is 13.7 Å². The van der Waals surface area contributed by atoms with Crippen molar-refractivity contribution >= 4 is 5.91 Å². The van der Waals surface area contributed by atoms with E-state index in [0.29, 0.717) is 23.4 Å². The zero-order valence-corrected chi connectivity index (χ0v) is 15.8. The van der Waals surface area contributed by atoms with Crippen LogP contribution in [0.4, 0.5) is 13.2 Å². The maximum absolute atomic E-state index is 12.8. The molecule has 5 nitrogen and oxygen atoms in total.